The van der Waals surface area contributed by atoms with Crippen LogP contribution in [0.3, 0.4) is 0 Å². The van der Waals surface area contributed by atoms with Gasteiger partial charge in [-0.1, -0.05) is 0 Å². The van der Waals surface area contributed by atoms with Crippen LogP contribution in [0.4, 0.5) is 60.5 Å². The smallest absolute Gasteiger partial charge is 0.318 e. The molecule has 0 atom stereocenters. The number of benzene rings is 3. The molecule has 0 radical (unpaired) electrons. The first-order valence-corrected chi connectivity index (χ1v) is 9.80. The minimum atomic E-state index is -4.99. The van der Waals surface area contributed by atoms with E-state index in [4.69, 9.17) is 0 Å². The van der Waals surface area contributed by atoms with Crippen molar-refractivity contribution >= 4 is 45.9 Å². The lowest BCUT2D eigenvalue weighted by Gasteiger charge is -2.07. The van der Waals surface area contributed by atoms with E-state index in [0.29, 0.717) is 22.7 Å². The van der Waals surface area contributed by atoms with Gasteiger partial charge in [-0.2, -0.15) is 46.8 Å². The number of nitrogens with one attached hydrogen (secondary N) is 2. The van der Waals surface area contributed by atoms with Crippen molar-refractivity contribution in [1.82, 2.24) is 0 Å². The number of hydrogen-bond acceptors (Lipinski definition) is 6. The fourth-order valence-corrected chi connectivity index (χ4v) is 2.44. The van der Waals surface area contributed by atoms with Crippen molar-refractivity contribution in [3.8, 4) is 0 Å². The van der Waals surface area contributed by atoms with Crippen LogP contribution in [0.15, 0.2) is 93.3 Å². The predicted octanol–water partition coefficient (Wildman–Crippen LogP) is 7.52. The van der Waals surface area contributed by atoms with E-state index in [2.05, 4.69) is 20.5 Å². The van der Waals surface area contributed by atoms with Crippen molar-refractivity contribution < 1.29 is 35.9 Å². The van der Waals surface area contributed by atoms with Crippen LogP contribution < -0.4 is 10.6 Å². The first-order chi connectivity index (χ1) is 16.9. The zero-order valence-corrected chi connectivity index (χ0v) is 17.8. The number of alkyl halides is 6. The van der Waals surface area contributed by atoms with Gasteiger partial charge in [0.1, 0.15) is 0 Å². The Bertz CT molecular complexity index is 1170. The summed E-state index contributed by atoms with van der Waals surface area (Å²) in [6.07, 6.45) is -9.99. The van der Waals surface area contributed by atoms with Crippen LogP contribution in [0.2, 0.25) is 0 Å². The third kappa shape index (κ3) is 7.72. The molecule has 2 N–H and O–H groups in total. The van der Waals surface area contributed by atoms with Gasteiger partial charge in [-0.3, -0.25) is 9.59 Å². The molecule has 3 aromatic rings. The van der Waals surface area contributed by atoms with Gasteiger partial charge in [0.15, 0.2) is 0 Å². The van der Waals surface area contributed by atoms with Gasteiger partial charge in [0.25, 0.3) is 0 Å². The molecule has 2 amide bonds. The molecule has 14 heteroatoms. The number of anilines is 2. The molecule has 0 bridgehead atoms. The Balaban J connectivity index is 1.56. The Morgan fingerprint density at radius 1 is 0.472 bits per heavy atom. The normalized spacial score (nSPS) is 12.2. The first kappa shape index (κ1) is 26.0. The average molecular weight is 508 g/mol. The molecule has 8 nitrogen and oxygen atoms in total. The third-order valence-corrected chi connectivity index (χ3v) is 4.18. The monoisotopic (exact) mass is 508 g/mol. The number of amides is 2. The molecule has 0 saturated heterocycles. The Morgan fingerprint density at radius 3 is 0.917 bits per heavy atom. The van der Waals surface area contributed by atoms with E-state index >= 15 is 0 Å². The van der Waals surface area contributed by atoms with Gasteiger partial charge in [0.2, 0.25) is 0 Å². The van der Waals surface area contributed by atoms with Crippen molar-refractivity contribution in [1.29, 1.82) is 0 Å². The number of halogens is 6. The number of carbonyl (C=O) groups is 2. The molecule has 0 saturated carbocycles. The molecule has 0 aromatic heterocycles. The summed E-state index contributed by atoms with van der Waals surface area (Å²) in [5, 5.41) is 19.3. The predicted molar refractivity (Wildman–Crippen MR) is 117 cm³/mol. The summed E-state index contributed by atoms with van der Waals surface area (Å²) in [4.78, 5) is 21.8. The number of rotatable bonds is 6. The van der Waals surface area contributed by atoms with E-state index in [-0.39, 0.29) is 11.4 Å². The van der Waals surface area contributed by atoms with E-state index in [0.717, 1.165) is 0 Å². The topological polar surface area (TPSA) is 108 Å². The molecule has 0 heterocycles. The van der Waals surface area contributed by atoms with Crippen LogP contribution >= 0.6 is 0 Å². The Hall–Kier alpha value is -4.62. The largest absolute Gasteiger partial charge is 0.471 e. The summed E-state index contributed by atoms with van der Waals surface area (Å²) in [6, 6.07) is 16.8. The van der Waals surface area contributed by atoms with Crippen LogP contribution in [0.5, 0.6) is 0 Å². The zero-order chi connectivity index (χ0) is 26.3. The van der Waals surface area contributed by atoms with Crippen molar-refractivity contribution in [2.45, 2.75) is 12.4 Å². The van der Waals surface area contributed by atoms with Gasteiger partial charge < -0.3 is 10.6 Å². The fraction of sp³-hybridized carbons (Fsp3) is 0.0909. The van der Waals surface area contributed by atoms with E-state index in [1.807, 2.05) is 0 Å². The Morgan fingerprint density at radius 2 is 0.694 bits per heavy atom. The molecule has 0 aliphatic carbocycles. The minimum Gasteiger partial charge on any atom is -0.318 e. The highest BCUT2D eigenvalue weighted by Gasteiger charge is 2.39. The average Bonchev–Trinajstić information content (AvgIpc) is 2.82. The maximum atomic E-state index is 12.3. The third-order valence-electron chi connectivity index (χ3n) is 4.18. The lowest BCUT2D eigenvalue weighted by molar-refractivity contribution is -0.167. The summed E-state index contributed by atoms with van der Waals surface area (Å²) < 4.78 is 73.6. The van der Waals surface area contributed by atoms with Crippen LogP contribution in [0.25, 0.3) is 0 Å². The van der Waals surface area contributed by atoms with Gasteiger partial charge in [-0.05, 0) is 72.8 Å². The highest BCUT2D eigenvalue weighted by molar-refractivity contribution is 5.95. The number of carbonyl (C=O) groups excluding carboxylic acids is 2. The second kappa shape index (κ2) is 10.8. The van der Waals surface area contributed by atoms with E-state index in [1.165, 1.54) is 48.5 Å². The highest BCUT2D eigenvalue weighted by Crippen LogP contribution is 2.26. The number of azo groups is 2. The molecule has 3 rings (SSSR count). The molecule has 186 valence electrons. The van der Waals surface area contributed by atoms with Crippen LogP contribution in [0, 0.1) is 0 Å². The van der Waals surface area contributed by atoms with Crippen molar-refractivity contribution in [3.05, 3.63) is 72.8 Å². The maximum absolute atomic E-state index is 12.3. The fourth-order valence-electron chi connectivity index (χ4n) is 2.44. The number of nitrogens with zero attached hydrogens (tertiary/aromatic N) is 4. The summed E-state index contributed by atoms with van der Waals surface area (Å²) in [7, 11) is 0. The van der Waals surface area contributed by atoms with Gasteiger partial charge in [0, 0.05) is 11.4 Å². The van der Waals surface area contributed by atoms with Crippen LogP contribution in [-0.2, 0) is 9.59 Å². The highest BCUT2D eigenvalue weighted by atomic mass is 19.4. The molecule has 0 aliphatic rings. The van der Waals surface area contributed by atoms with Crippen LogP contribution in [0.1, 0.15) is 0 Å². The lowest BCUT2D eigenvalue weighted by atomic mass is 10.3. The van der Waals surface area contributed by atoms with E-state index in [9.17, 15) is 35.9 Å². The summed E-state index contributed by atoms with van der Waals surface area (Å²) in [6.45, 7) is 0. The van der Waals surface area contributed by atoms with E-state index in [1.54, 1.807) is 34.9 Å². The summed E-state index contributed by atoms with van der Waals surface area (Å²) >= 11 is 0. The zero-order valence-electron chi connectivity index (χ0n) is 17.8. The first-order valence-electron chi connectivity index (χ1n) is 9.80. The SMILES string of the molecule is O=C(Nc1ccc(N=Nc2ccc(N=Nc3ccc(NC(=O)C(F)(F)F)cc3)cc2)cc1)C(F)(F)F. The van der Waals surface area contributed by atoms with Crippen molar-refractivity contribution in [2.75, 3.05) is 10.6 Å². The van der Waals surface area contributed by atoms with Gasteiger partial charge in [0.05, 0.1) is 22.7 Å². The minimum absolute atomic E-state index is 0.0494. The molecule has 0 fully saturated rings. The Labute approximate surface area is 198 Å². The molecule has 0 spiro atoms. The van der Waals surface area contributed by atoms with Gasteiger partial charge >= 0.3 is 24.2 Å². The molecule has 0 aliphatic heterocycles. The molecule has 36 heavy (non-hydrogen) atoms. The van der Waals surface area contributed by atoms with Gasteiger partial charge in [-0.15, -0.1) is 0 Å². The quantitative estimate of drug-likeness (QED) is 0.265. The molecular formula is C22H14F6N6O2. The molecule has 3 aromatic carbocycles. The summed E-state index contributed by atoms with van der Waals surface area (Å²) in [5.41, 5.74) is 1.44. The molecular weight excluding hydrogens is 494 g/mol. The maximum Gasteiger partial charge on any atom is 0.471 e. The lowest BCUT2D eigenvalue weighted by Crippen LogP contribution is -2.29. The molecule has 0 unspecified atom stereocenters. The second-order valence-corrected chi connectivity index (χ2v) is 6.91. The van der Waals surface area contributed by atoms with Crippen molar-refractivity contribution in [2.24, 2.45) is 20.5 Å². The van der Waals surface area contributed by atoms with Crippen molar-refractivity contribution in [3.63, 3.8) is 0 Å². The standard InChI is InChI=1S/C22H14F6N6O2/c23-21(24,25)19(35)29-13-1-5-15(6-2-13)31-33-17-9-11-18(12-10-17)34-32-16-7-3-14(4-8-16)30-20(36)22(26,27)28/h1-12H,(H,29,35)(H,30,36). The van der Waals surface area contributed by atoms with E-state index < -0.39 is 24.2 Å². The number of hydrogen-bond donors (Lipinski definition) is 2. The second-order valence-electron chi connectivity index (χ2n) is 6.91. The summed E-state index contributed by atoms with van der Waals surface area (Å²) in [5.74, 6) is -4.17. The van der Waals surface area contributed by atoms with Crippen LogP contribution in [-0.4, -0.2) is 24.2 Å². The Kier molecular flexibility index (Phi) is 7.77. The van der Waals surface area contributed by atoms with Gasteiger partial charge in [-0.25, -0.2) is 0 Å².